The highest BCUT2D eigenvalue weighted by atomic mass is 32.2. The molecule has 6 aromatic carbocycles. The van der Waals surface area contributed by atoms with Gasteiger partial charge in [-0.3, -0.25) is 0 Å². The average molecular weight is 717 g/mol. The summed E-state index contributed by atoms with van der Waals surface area (Å²) >= 11 is 0. The summed E-state index contributed by atoms with van der Waals surface area (Å²) in [6.07, 6.45) is -0.209. The maximum atomic E-state index is 14.2. The second-order valence-electron chi connectivity index (χ2n) is 14.5. The highest BCUT2D eigenvalue weighted by molar-refractivity contribution is 7.91. The van der Waals surface area contributed by atoms with Crippen molar-refractivity contribution in [3.63, 3.8) is 0 Å². The van der Waals surface area contributed by atoms with Crippen molar-refractivity contribution in [2.24, 2.45) is 0 Å². The van der Waals surface area contributed by atoms with Gasteiger partial charge in [0.05, 0.1) is 9.79 Å². The molecule has 4 heterocycles. The Morgan fingerprint density at radius 3 is 0.868 bits per heavy atom. The van der Waals surface area contributed by atoms with Crippen molar-refractivity contribution < 1.29 is 8.42 Å². The highest BCUT2D eigenvalue weighted by Crippen LogP contribution is 2.55. The lowest BCUT2D eigenvalue weighted by Gasteiger charge is -2.57. The van der Waals surface area contributed by atoms with Gasteiger partial charge in [-0.1, -0.05) is 72.8 Å². The van der Waals surface area contributed by atoms with Gasteiger partial charge in [0.25, 0.3) is 0 Å². The highest BCUT2D eigenvalue weighted by Gasteiger charge is 2.47. The summed E-state index contributed by atoms with van der Waals surface area (Å²) in [5.74, 6) is 0. The predicted molar refractivity (Wildman–Crippen MR) is 214 cm³/mol. The Kier molecular flexibility index (Phi) is 6.92. The van der Waals surface area contributed by atoms with E-state index in [0.717, 1.165) is 11.4 Å². The number of nitrogens with zero attached hydrogens (tertiary/aromatic N) is 6. The summed E-state index contributed by atoms with van der Waals surface area (Å²) in [4.78, 5) is 14.7. The van der Waals surface area contributed by atoms with E-state index in [9.17, 15) is 8.42 Å². The van der Waals surface area contributed by atoms with E-state index in [-0.39, 0.29) is 34.5 Å². The molecule has 0 spiro atoms. The molecule has 0 amide bonds. The number of hydrogen-bond donors (Lipinski definition) is 0. The first kappa shape index (κ1) is 31.8. The van der Waals surface area contributed by atoms with Crippen LogP contribution in [0.2, 0.25) is 0 Å². The van der Waals surface area contributed by atoms with Gasteiger partial charge in [-0.2, -0.15) is 0 Å². The Balaban J connectivity index is 0.993. The number of anilines is 6. The van der Waals surface area contributed by atoms with Crippen LogP contribution in [0.1, 0.15) is 46.9 Å². The second-order valence-corrected chi connectivity index (χ2v) is 16.4. The summed E-state index contributed by atoms with van der Waals surface area (Å²) in [7, 11) is 4.78. The first-order valence-corrected chi connectivity index (χ1v) is 19.5. The Hall–Kier alpha value is -5.93. The Morgan fingerprint density at radius 2 is 0.604 bits per heavy atom. The molecule has 8 nitrogen and oxygen atoms in total. The van der Waals surface area contributed by atoms with Crippen molar-refractivity contribution in [1.82, 2.24) is 0 Å². The minimum atomic E-state index is -3.79. The van der Waals surface area contributed by atoms with Crippen LogP contribution in [0.25, 0.3) is 0 Å². The second kappa shape index (κ2) is 11.5. The molecule has 10 rings (SSSR count). The molecule has 9 heteroatoms. The molecule has 264 valence electrons. The van der Waals surface area contributed by atoms with Gasteiger partial charge in [-0.15, -0.1) is 0 Å². The topological polar surface area (TPSA) is 53.6 Å². The number of rotatable bonds is 4. The zero-order valence-corrected chi connectivity index (χ0v) is 30.9. The zero-order chi connectivity index (χ0) is 36.2. The Morgan fingerprint density at radius 1 is 0.358 bits per heavy atom. The van der Waals surface area contributed by atoms with E-state index in [1.807, 2.05) is 24.3 Å². The molecule has 6 aromatic rings. The third kappa shape index (κ3) is 4.43. The first-order chi connectivity index (χ1) is 25.8. The lowest BCUT2D eigenvalue weighted by molar-refractivity contribution is 0.464. The minimum Gasteiger partial charge on any atom is -0.350 e. The van der Waals surface area contributed by atoms with Gasteiger partial charge in [0, 0.05) is 84.6 Å². The van der Waals surface area contributed by atoms with Gasteiger partial charge in [0.2, 0.25) is 9.84 Å². The number of hydrogen-bond acceptors (Lipinski definition) is 8. The van der Waals surface area contributed by atoms with E-state index in [4.69, 9.17) is 0 Å². The van der Waals surface area contributed by atoms with Crippen LogP contribution >= 0.6 is 0 Å². The summed E-state index contributed by atoms with van der Waals surface area (Å²) in [6, 6.07) is 49.1. The molecular formula is C44H40N6O2S. The Bertz CT molecular complexity index is 2220. The zero-order valence-electron chi connectivity index (χ0n) is 30.1. The van der Waals surface area contributed by atoms with E-state index >= 15 is 0 Å². The minimum absolute atomic E-state index is 0.0522. The van der Waals surface area contributed by atoms with E-state index in [0.29, 0.717) is 0 Å². The summed E-state index contributed by atoms with van der Waals surface area (Å²) in [6.45, 7) is 0. The molecule has 53 heavy (non-hydrogen) atoms. The fraction of sp³-hybridized carbons (Fsp3) is 0.182. The average Bonchev–Trinajstić information content (AvgIpc) is 3.20. The molecule has 0 saturated heterocycles. The van der Waals surface area contributed by atoms with Crippen molar-refractivity contribution in [3.8, 4) is 0 Å². The smallest absolute Gasteiger partial charge is 0.206 e. The van der Waals surface area contributed by atoms with E-state index < -0.39 is 9.84 Å². The van der Waals surface area contributed by atoms with Crippen molar-refractivity contribution in [2.45, 2.75) is 34.5 Å². The van der Waals surface area contributed by atoms with E-state index in [2.05, 4.69) is 155 Å². The molecule has 4 bridgehead atoms. The fourth-order valence-corrected chi connectivity index (χ4v) is 10.6. The van der Waals surface area contributed by atoms with Crippen molar-refractivity contribution in [2.75, 3.05) is 57.6 Å². The van der Waals surface area contributed by atoms with Gasteiger partial charge in [0.1, 0.15) is 24.7 Å². The fourth-order valence-electron chi connectivity index (χ4n) is 9.38. The Labute approximate surface area is 311 Å². The van der Waals surface area contributed by atoms with Crippen LogP contribution in [0, 0.1) is 0 Å². The van der Waals surface area contributed by atoms with Crippen LogP contribution in [0.4, 0.5) is 34.1 Å². The van der Waals surface area contributed by atoms with Crippen LogP contribution in [0.5, 0.6) is 0 Å². The SMILES string of the molecule is CN1c2ccccc2C2N(C)c3ccccc3C1N2c1ccc(S(=O)(=O)c2ccc(N3C4c5ccccc5N(C)C3c3ccccc3N4C)cc2)cc1. The third-order valence-corrected chi connectivity index (χ3v) is 13.6. The molecule has 0 aliphatic carbocycles. The monoisotopic (exact) mass is 716 g/mol. The van der Waals surface area contributed by atoms with Crippen molar-refractivity contribution in [1.29, 1.82) is 0 Å². The van der Waals surface area contributed by atoms with Crippen molar-refractivity contribution >= 4 is 44.0 Å². The number of fused-ring (bicyclic) bond motifs is 12. The molecule has 4 aliphatic heterocycles. The van der Waals surface area contributed by atoms with Crippen molar-refractivity contribution in [3.05, 3.63) is 168 Å². The van der Waals surface area contributed by atoms with Crippen LogP contribution in [-0.4, -0.2) is 36.6 Å². The lowest BCUT2D eigenvalue weighted by atomic mass is 9.93. The maximum absolute atomic E-state index is 14.2. The molecule has 0 saturated carbocycles. The standard InChI is InChI=1S/C44H40N6O2S/c1-45-37-17-9-5-13-33(37)42-46(2)38-18-10-6-14-34(38)41(45)49(42)29-21-25-31(26-22-29)53(51,52)32-27-23-30(24-28-32)50-43-36-16-8-12-20-40(36)48(4)44(50)35-15-7-11-19-39(35)47(43)3/h5-28,41-44H,1-4H3. The molecule has 0 fully saturated rings. The summed E-state index contributed by atoms with van der Waals surface area (Å²) < 4.78 is 28.4. The van der Waals surface area contributed by atoms with Gasteiger partial charge < -0.3 is 29.4 Å². The molecule has 0 aromatic heterocycles. The number of para-hydroxylation sites is 4. The maximum Gasteiger partial charge on any atom is 0.206 e. The van der Waals surface area contributed by atoms with Crippen LogP contribution in [0.3, 0.4) is 0 Å². The largest absolute Gasteiger partial charge is 0.350 e. The number of benzene rings is 6. The third-order valence-electron chi connectivity index (χ3n) is 11.8. The number of sulfone groups is 1. The van der Waals surface area contributed by atoms with Crippen LogP contribution < -0.4 is 29.4 Å². The molecular weight excluding hydrogens is 677 g/mol. The molecule has 0 N–H and O–H groups in total. The molecule has 4 atom stereocenters. The van der Waals surface area contributed by atoms with Gasteiger partial charge in [-0.05, 0) is 72.8 Å². The van der Waals surface area contributed by atoms with E-state index in [1.165, 1.54) is 45.0 Å². The normalized spacial score (nSPS) is 21.1. The molecule has 4 unspecified atom stereocenters. The first-order valence-electron chi connectivity index (χ1n) is 18.0. The van der Waals surface area contributed by atoms with Gasteiger partial charge in [-0.25, -0.2) is 8.42 Å². The van der Waals surface area contributed by atoms with Gasteiger partial charge >= 0.3 is 0 Å². The molecule has 0 radical (unpaired) electrons. The summed E-state index contributed by atoms with van der Waals surface area (Å²) in [5, 5.41) is 0. The quantitative estimate of drug-likeness (QED) is 0.180. The van der Waals surface area contributed by atoms with Gasteiger partial charge in [0.15, 0.2) is 0 Å². The van der Waals surface area contributed by atoms with E-state index in [1.54, 1.807) is 24.3 Å². The lowest BCUT2D eigenvalue weighted by Crippen LogP contribution is -2.55. The predicted octanol–water partition coefficient (Wildman–Crippen LogP) is 8.73. The summed E-state index contributed by atoms with van der Waals surface area (Å²) in [5.41, 5.74) is 11.6. The molecule has 4 aliphatic rings. The van der Waals surface area contributed by atoms with Crippen LogP contribution in [0.15, 0.2) is 155 Å². The van der Waals surface area contributed by atoms with Crippen LogP contribution in [-0.2, 0) is 9.84 Å².